The van der Waals surface area contributed by atoms with E-state index in [9.17, 15) is 4.79 Å². The maximum absolute atomic E-state index is 12.0. The summed E-state index contributed by atoms with van der Waals surface area (Å²) in [6, 6.07) is 15.1. The number of hydrogen-bond donors (Lipinski definition) is 0. The average molecular weight is 284 g/mol. The third-order valence-corrected chi connectivity index (χ3v) is 2.94. The summed E-state index contributed by atoms with van der Waals surface area (Å²) in [6.45, 7) is 5.57. The Morgan fingerprint density at radius 2 is 1.57 bits per heavy atom. The maximum atomic E-state index is 12.0. The van der Waals surface area contributed by atoms with Gasteiger partial charge in [-0.1, -0.05) is 30.3 Å². The fourth-order valence-electron chi connectivity index (χ4n) is 2.01. The summed E-state index contributed by atoms with van der Waals surface area (Å²) in [5, 5.41) is 0. The highest BCUT2D eigenvalue weighted by molar-refractivity contribution is 5.90. The van der Waals surface area contributed by atoms with E-state index in [-0.39, 0.29) is 5.97 Å². The van der Waals surface area contributed by atoms with Crippen molar-refractivity contribution in [2.45, 2.75) is 26.4 Å². The molecular weight excluding hydrogens is 264 g/mol. The van der Waals surface area contributed by atoms with Crippen molar-refractivity contribution in [2.24, 2.45) is 0 Å². The van der Waals surface area contributed by atoms with Gasteiger partial charge in [0.2, 0.25) is 0 Å². The Bertz CT molecular complexity index is 622. The lowest BCUT2D eigenvalue weighted by atomic mass is 10.0. The molecule has 0 N–H and O–H groups in total. The van der Waals surface area contributed by atoms with Crippen molar-refractivity contribution in [3.05, 3.63) is 54.1 Å². The number of hydrogen-bond acceptors (Lipinski definition) is 3. The van der Waals surface area contributed by atoms with Crippen molar-refractivity contribution in [3.63, 3.8) is 0 Å². The second-order valence-corrected chi connectivity index (χ2v) is 5.78. The molecular formula is C18H20O3. The molecule has 3 heteroatoms. The predicted octanol–water partition coefficient (Wildman–Crippen LogP) is 4.32. The Labute approximate surface area is 125 Å². The summed E-state index contributed by atoms with van der Waals surface area (Å²) in [4.78, 5) is 12.0. The topological polar surface area (TPSA) is 35.5 Å². The Hall–Kier alpha value is -2.29. The molecule has 2 aromatic carbocycles. The van der Waals surface area contributed by atoms with E-state index in [4.69, 9.17) is 9.47 Å². The molecule has 0 saturated heterocycles. The van der Waals surface area contributed by atoms with Crippen LogP contribution in [0.15, 0.2) is 48.5 Å². The molecule has 0 atom stereocenters. The first-order valence-electron chi connectivity index (χ1n) is 6.87. The molecule has 0 spiro atoms. The van der Waals surface area contributed by atoms with Gasteiger partial charge in [-0.25, -0.2) is 4.79 Å². The number of carbonyl (C=O) groups is 1. The molecule has 0 aliphatic rings. The van der Waals surface area contributed by atoms with Crippen LogP contribution in [0.2, 0.25) is 0 Å². The van der Waals surface area contributed by atoms with Gasteiger partial charge in [-0.15, -0.1) is 0 Å². The van der Waals surface area contributed by atoms with Crippen LogP contribution in [-0.4, -0.2) is 18.7 Å². The zero-order valence-corrected chi connectivity index (χ0v) is 12.8. The van der Waals surface area contributed by atoms with Crippen LogP contribution in [0.1, 0.15) is 31.1 Å². The summed E-state index contributed by atoms with van der Waals surface area (Å²) in [5.74, 6) is 0.497. The van der Waals surface area contributed by atoms with Crippen molar-refractivity contribution < 1.29 is 14.3 Å². The molecule has 110 valence electrons. The highest BCUT2D eigenvalue weighted by atomic mass is 16.6. The van der Waals surface area contributed by atoms with Crippen LogP contribution in [0.5, 0.6) is 5.75 Å². The minimum atomic E-state index is -0.488. The molecule has 0 amide bonds. The average Bonchev–Trinajstić information content (AvgIpc) is 2.45. The van der Waals surface area contributed by atoms with Gasteiger partial charge in [-0.3, -0.25) is 0 Å². The van der Waals surface area contributed by atoms with Crippen molar-refractivity contribution >= 4 is 5.97 Å². The van der Waals surface area contributed by atoms with E-state index in [1.807, 2.05) is 57.2 Å². The SMILES string of the molecule is COc1ccccc1-c1ccc(C(=O)OC(C)(C)C)cc1. The van der Waals surface area contributed by atoms with Gasteiger partial charge >= 0.3 is 5.97 Å². The Morgan fingerprint density at radius 3 is 2.14 bits per heavy atom. The molecule has 0 saturated carbocycles. The molecule has 0 aromatic heterocycles. The molecule has 0 aliphatic heterocycles. The predicted molar refractivity (Wildman–Crippen MR) is 83.6 cm³/mol. The van der Waals surface area contributed by atoms with Crippen LogP contribution in [0.25, 0.3) is 11.1 Å². The van der Waals surface area contributed by atoms with Crippen molar-refractivity contribution in [2.75, 3.05) is 7.11 Å². The Morgan fingerprint density at radius 1 is 0.952 bits per heavy atom. The van der Waals surface area contributed by atoms with Crippen molar-refractivity contribution in [3.8, 4) is 16.9 Å². The lowest BCUT2D eigenvalue weighted by molar-refractivity contribution is 0.00696. The molecule has 2 rings (SSSR count). The third-order valence-electron chi connectivity index (χ3n) is 2.94. The van der Waals surface area contributed by atoms with Crippen molar-refractivity contribution in [1.82, 2.24) is 0 Å². The number of ether oxygens (including phenoxy) is 2. The van der Waals surface area contributed by atoms with Gasteiger partial charge in [0.05, 0.1) is 12.7 Å². The summed E-state index contributed by atoms with van der Waals surface area (Å²) < 4.78 is 10.7. The minimum absolute atomic E-state index is 0.311. The molecule has 21 heavy (non-hydrogen) atoms. The van der Waals surface area contributed by atoms with Gasteiger partial charge < -0.3 is 9.47 Å². The number of para-hydroxylation sites is 1. The van der Waals surface area contributed by atoms with Crippen molar-refractivity contribution in [1.29, 1.82) is 0 Å². The monoisotopic (exact) mass is 284 g/mol. The number of carbonyl (C=O) groups excluding carboxylic acids is 1. The summed E-state index contributed by atoms with van der Waals surface area (Å²) in [7, 11) is 1.65. The lowest BCUT2D eigenvalue weighted by Gasteiger charge is -2.19. The minimum Gasteiger partial charge on any atom is -0.496 e. The van der Waals surface area contributed by atoms with E-state index in [1.165, 1.54) is 0 Å². The summed E-state index contributed by atoms with van der Waals surface area (Å²) in [5.41, 5.74) is 2.05. The van der Waals surface area contributed by atoms with Gasteiger partial charge in [-0.2, -0.15) is 0 Å². The van der Waals surface area contributed by atoms with E-state index >= 15 is 0 Å². The van der Waals surface area contributed by atoms with Crippen LogP contribution in [0.3, 0.4) is 0 Å². The molecule has 2 aromatic rings. The van der Waals surface area contributed by atoms with Crippen LogP contribution >= 0.6 is 0 Å². The molecule has 0 bridgehead atoms. The summed E-state index contributed by atoms with van der Waals surface area (Å²) >= 11 is 0. The van der Waals surface area contributed by atoms with Gasteiger partial charge in [-0.05, 0) is 44.5 Å². The molecule has 0 heterocycles. The first kappa shape index (κ1) is 15.1. The highest BCUT2D eigenvalue weighted by Crippen LogP contribution is 2.29. The number of rotatable bonds is 3. The van der Waals surface area contributed by atoms with Gasteiger partial charge in [0.15, 0.2) is 0 Å². The van der Waals surface area contributed by atoms with E-state index in [2.05, 4.69) is 0 Å². The van der Waals surface area contributed by atoms with E-state index < -0.39 is 5.60 Å². The molecule has 0 fully saturated rings. The number of benzene rings is 2. The lowest BCUT2D eigenvalue weighted by Crippen LogP contribution is -2.23. The molecule has 0 radical (unpaired) electrons. The fraction of sp³-hybridized carbons (Fsp3) is 0.278. The number of methoxy groups -OCH3 is 1. The Kier molecular flexibility index (Phi) is 4.32. The van der Waals surface area contributed by atoms with Gasteiger partial charge in [0.25, 0.3) is 0 Å². The van der Waals surface area contributed by atoms with E-state index in [0.717, 1.165) is 16.9 Å². The second kappa shape index (κ2) is 6.00. The van der Waals surface area contributed by atoms with Crippen LogP contribution in [0.4, 0.5) is 0 Å². The maximum Gasteiger partial charge on any atom is 0.338 e. The smallest absolute Gasteiger partial charge is 0.338 e. The highest BCUT2D eigenvalue weighted by Gasteiger charge is 2.17. The fourth-order valence-corrected chi connectivity index (χ4v) is 2.01. The first-order valence-corrected chi connectivity index (χ1v) is 6.87. The normalized spacial score (nSPS) is 11.0. The second-order valence-electron chi connectivity index (χ2n) is 5.78. The van der Waals surface area contributed by atoms with Gasteiger partial charge in [0, 0.05) is 5.56 Å². The third kappa shape index (κ3) is 3.85. The zero-order chi connectivity index (χ0) is 15.5. The van der Waals surface area contributed by atoms with Crippen LogP contribution in [0, 0.1) is 0 Å². The molecule has 0 unspecified atom stereocenters. The van der Waals surface area contributed by atoms with E-state index in [1.54, 1.807) is 19.2 Å². The first-order chi connectivity index (χ1) is 9.90. The van der Waals surface area contributed by atoms with Crippen LogP contribution in [-0.2, 0) is 4.74 Å². The van der Waals surface area contributed by atoms with Gasteiger partial charge in [0.1, 0.15) is 11.4 Å². The summed E-state index contributed by atoms with van der Waals surface area (Å²) in [6.07, 6.45) is 0. The van der Waals surface area contributed by atoms with E-state index in [0.29, 0.717) is 5.56 Å². The molecule has 0 aliphatic carbocycles. The largest absolute Gasteiger partial charge is 0.496 e. The standard InChI is InChI=1S/C18H20O3/c1-18(2,3)21-17(19)14-11-9-13(10-12-14)15-7-5-6-8-16(15)20-4/h5-12H,1-4H3. The zero-order valence-electron chi connectivity index (χ0n) is 12.8. The quantitative estimate of drug-likeness (QED) is 0.787. The van der Waals surface area contributed by atoms with Crippen LogP contribution < -0.4 is 4.74 Å². The Balaban J connectivity index is 2.25. The number of esters is 1. The molecule has 3 nitrogen and oxygen atoms in total.